The van der Waals surface area contributed by atoms with Crippen LogP contribution in [0, 0.1) is 0 Å². The van der Waals surface area contributed by atoms with Crippen molar-refractivity contribution < 1.29 is 9.47 Å². The highest BCUT2D eigenvalue weighted by atomic mass is 16.7. The molecule has 1 fully saturated rings. The maximum absolute atomic E-state index is 5.46. The van der Waals surface area contributed by atoms with E-state index in [1.807, 2.05) is 0 Å². The second-order valence-electron chi connectivity index (χ2n) is 4.24. The first kappa shape index (κ1) is 13.9. The van der Waals surface area contributed by atoms with Gasteiger partial charge in [-0.3, -0.25) is 0 Å². The van der Waals surface area contributed by atoms with Crippen LogP contribution in [0.5, 0.6) is 0 Å². The Labute approximate surface area is 99.3 Å². The molecule has 0 amide bonds. The van der Waals surface area contributed by atoms with Crippen molar-refractivity contribution in [2.75, 3.05) is 46.1 Å². The van der Waals surface area contributed by atoms with Crippen molar-refractivity contribution in [1.82, 2.24) is 10.2 Å². The van der Waals surface area contributed by atoms with E-state index in [4.69, 9.17) is 9.47 Å². The third kappa shape index (κ3) is 5.80. The fraction of sp³-hybridized carbons (Fsp3) is 1.00. The van der Waals surface area contributed by atoms with Crippen LogP contribution in [0.15, 0.2) is 0 Å². The SMILES string of the molecule is CCCN(CC)CCNCC1CCOCO1. The van der Waals surface area contributed by atoms with E-state index in [1.165, 1.54) is 13.0 Å². The number of hydrogen-bond donors (Lipinski definition) is 1. The zero-order valence-electron chi connectivity index (χ0n) is 10.7. The molecule has 0 aromatic carbocycles. The molecule has 1 aliphatic rings. The Hall–Kier alpha value is -0.160. The van der Waals surface area contributed by atoms with Crippen molar-refractivity contribution in [3.63, 3.8) is 0 Å². The maximum Gasteiger partial charge on any atom is 0.147 e. The van der Waals surface area contributed by atoms with Crippen molar-refractivity contribution in [1.29, 1.82) is 0 Å². The van der Waals surface area contributed by atoms with Gasteiger partial charge in [-0.2, -0.15) is 0 Å². The highest BCUT2D eigenvalue weighted by Gasteiger charge is 2.13. The molecule has 0 aliphatic carbocycles. The average molecular weight is 230 g/mol. The average Bonchev–Trinajstić information content (AvgIpc) is 2.34. The molecule has 0 bridgehead atoms. The number of hydrogen-bond acceptors (Lipinski definition) is 4. The van der Waals surface area contributed by atoms with Crippen molar-refractivity contribution in [2.24, 2.45) is 0 Å². The minimum atomic E-state index is 0.343. The lowest BCUT2D eigenvalue weighted by Gasteiger charge is -2.24. The molecule has 0 radical (unpaired) electrons. The topological polar surface area (TPSA) is 33.7 Å². The maximum atomic E-state index is 5.46. The van der Waals surface area contributed by atoms with Crippen LogP contribution in [0.3, 0.4) is 0 Å². The molecule has 1 heterocycles. The molecule has 1 aliphatic heterocycles. The van der Waals surface area contributed by atoms with Crippen LogP contribution < -0.4 is 5.32 Å². The summed E-state index contributed by atoms with van der Waals surface area (Å²) in [4.78, 5) is 2.47. The van der Waals surface area contributed by atoms with Crippen molar-refractivity contribution in [3.8, 4) is 0 Å². The van der Waals surface area contributed by atoms with Gasteiger partial charge >= 0.3 is 0 Å². The Balaban J connectivity index is 1.97. The van der Waals surface area contributed by atoms with E-state index in [-0.39, 0.29) is 0 Å². The summed E-state index contributed by atoms with van der Waals surface area (Å²) in [5.41, 5.74) is 0. The van der Waals surface area contributed by atoms with Gasteiger partial charge in [-0.05, 0) is 25.9 Å². The highest BCUT2D eigenvalue weighted by molar-refractivity contribution is 4.65. The first-order chi connectivity index (χ1) is 7.86. The normalized spacial score (nSPS) is 21.6. The fourth-order valence-corrected chi connectivity index (χ4v) is 1.91. The molecule has 1 saturated heterocycles. The summed E-state index contributed by atoms with van der Waals surface area (Å²) in [6, 6.07) is 0. The lowest BCUT2D eigenvalue weighted by atomic mass is 10.2. The van der Waals surface area contributed by atoms with Crippen molar-refractivity contribution in [3.05, 3.63) is 0 Å². The lowest BCUT2D eigenvalue weighted by molar-refractivity contribution is -0.137. The molecule has 4 nitrogen and oxygen atoms in total. The molecule has 0 saturated carbocycles. The summed E-state index contributed by atoms with van der Waals surface area (Å²) >= 11 is 0. The third-order valence-electron chi connectivity index (χ3n) is 2.94. The molecule has 4 heteroatoms. The molecular weight excluding hydrogens is 204 g/mol. The van der Waals surface area contributed by atoms with Gasteiger partial charge in [-0.25, -0.2) is 0 Å². The molecule has 0 spiro atoms. The molecular formula is C12H26N2O2. The number of ether oxygens (including phenoxy) is 2. The predicted octanol–water partition coefficient (Wildman–Crippen LogP) is 1.07. The van der Waals surface area contributed by atoms with Crippen LogP contribution >= 0.6 is 0 Å². The molecule has 96 valence electrons. The van der Waals surface area contributed by atoms with Crippen LogP contribution in [0.25, 0.3) is 0 Å². The van der Waals surface area contributed by atoms with Gasteiger partial charge in [0.05, 0.1) is 12.7 Å². The Morgan fingerprint density at radius 3 is 2.81 bits per heavy atom. The number of likely N-dealkylation sites (N-methyl/N-ethyl adjacent to an activating group) is 1. The Morgan fingerprint density at radius 1 is 1.31 bits per heavy atom. The zero-order chi connectivity index (χ0) is 11.6. The predicted molar refractivity (Wildman–Crippen MR) is 65.6 cm³/mol. The smallest absolute Gasteiger partial charge is 0.147 e. The van der Waals surface area contributed by atoms with E-state index in [2.05, 4.69) is 24.1 Å². The summed E-state index contributed by atoms with van der Waals surface area (Å²) in [5.74, 6) is 0. The molecule has 0 aromatic rings. The van der Waals surface area contributed by atoms with Gasteiger partial charge in [0.25, 0.3) is 0 Å². The molecule has 16 heavy (non-hydrogen) atoms. The van der Waals surface area contributed by atoms with Gasteiger partial charge in [0, 0.05) is 19.6 Å². The molecule has 1 atom stereocenters. The van der Waals surface area contributed by atoms with Gasteiger partial charge in [0.2, 0.25) is 0 Å². The van der Waals surface area contributed by atoms with Gasteiger partial charge in [-0.1, -0.05) is 13.8 Å². The van der Waals surface area contributed by atoms with Gasteiger partial charge in [0.15, 0.2) is 0 Å². The number of nitrogens with one attached hydrogen (secondary N) is 1. The highest BCUT2D eigenvalue weighted by Crippen LogP contribution is 2.04. The lowest BCUT2D eigenvalue weighted by Crippen LogP contribution is -2.38. The van der Waals surface area contributed by atoms with E-state index in [0.29, 0.717) is 12.9 Å². The quantitative estimate of drug-likeness (QED) is 0.633. The summed E-state index contributed by atoms with van der Waals surface area (Å²) in [7, 11) is 0. The van der Waals surface area contributed by atoms with Gasteiger partial charge in [0.1, 0.15) is 6.79 Å². The fourth-order valence-electron chi connectivity index (χ4n) is 1.91. The van der Waals surface area contributed by atoms with Crippen LogP contribution in [0.4, 0.5) is 0 Å². The van der Waals surface area contributed by atoms with Gasteiger partial charge < -0.3 is 19.7 Å². The molecule has 1 N–H and O–H groups in total. The first-order valence-corrected chi connectivity index (χ1v) is 6.49. The van der Waals surface area contributed by atoms with Crippen molar-refractivity contribution >= 4 is 0 Å². The first-order valence-electron chi connectivity index (χ1n) is 6.49. The molecule has 1 rings (SSSR count). The Kier molecular flexibility index (Phi) is 7.76. The van der Waals surface area contributed by atoms with E-state index < -0.39 is 0 Å². The van der Waals surface area contributed by atoms with Crippen molar-refractivity contribution in [2.45, 2.75) is 32.8 Å². The Morgan fingerprint density at radius 2 is 2.19 bits per heavy atom. The minimum Gasteiger partial charge on any atom is -0.355 e. The summed E-state index contributed by atoms with van der Waals surface area (Å²) in [5, 5.41) is 3.46. The second kappa shape index (κ2) is 8.93. The molecule has 0 aromatic heterocycles. The summed E-state index contributed by atoms with van der Waals surface area (Å²) < 4.78 is 10.6. The number of rotatable bonds is 8. The summed E-state index contributed by atoms with van der Waals surface area (Å²) in [6.45, 7) is 11.2. The minimum absolute atomic E-state index is 0.343. The second-order valence-corrected chi connectivity index (χ2v) is 4.24. The van der Waals surface area contributed by atoms with E-state index >= 15 is 0 Å². The molecule has 1 unspecified atom stereocenters. The van der Waals surface area contributed by atoms with Crippen LogP contribution in [-0.2, 0) is 9.47 Å². The van der Waals surface area contributed by atoms with E-state index in [9.17, 15) is 0 Å². The van der Waals surface area contributed by atoms with Crippen LogP contribution in [0.1, 0.15) is 26.7 Å². The zero-order valence-corrected chi connectivity index (χ0v) is 10.7. The van der Waals surface area contributed by atoms with Crippen LogP contribution in [-0.4, -0.2) is 57.1 Å². The van der Waals surface area contributed by atoms with Gasteiger partial charge in [-0.15, -0.1) is 0 Å². The standard InChI is InChI=1S/C12H26N2O2/c1-3-7-14(4-2)8-6-13-10-12-5-9-15-11-16-12/h12-13H,3-11H2,1-2H3. The van der Waals surface area contributed by atoms with E-state index in [0.717, 1.165) is 39.2 Å². The van der Waals surface area contributed by atoms with Crippen LogP contribution in [0.2, 0.25) is 0 Å². The Bertz CT molecular complexity index is 154. The monoisotopic (exact) mass is 230 g/mol. The number of nitrogens with zero attached hydrogens (tertiary/aromatic N) is 1. The third-order valence-corrected chi connectivity index (χ3v) is 2.94. The summed E-state index contributed by atoms with van der Waals surface area (Å²) in [6.07, 6.45) is 2.59. The van der Waals surface area contributed by atoms with E-state index in [1.54, 1.807) is 0 Å². The largest absolute Gasteiger partial charge is 0.355 e.